The van der Waals surface area contributed by atoms with Gasteiger partial charge in [0.1, 0.15) is 11.6 Å². The summed E-state index contributed by atoms with van der Waals surface area (Å²) in [4.78, 5) is 8.03. The second-order valence-corrected chi connectivity index (χ2v) is 6.75. The van der Waals surface area contributed by atoms with Crippen LogP contribution >= 0.6 is 0 Å². The molecule has 2 aromatic carbocycles. The van der Waals surface area contributed by atoms with Crippen LogP contribution < -0.4 is 10.1 Å². The molecule has 2 heterocycles. The number of nitrogens with zero attached hydrogens (tertiary/aromatic N) is 1. The Morgan fingerprint density at radius 3 is 2.59 bits per heavy atom. The van der Waals surface area contributed by atoms with Crippen molar-refractivity contribution in [3.8, 4) is 5.75 Å². The summed E-state index contributed by atoms with van der Waals surface area (Å²) in [5, 5.41) is 4.84. The molecule has 0 bridgehead atoms. The van der Waals surface area contributed by atoms with Crippen LogP contribution in [0, 0.1) is 13.8 Å². The second-order valence-electron chi connectivity index (χ2n) is 6.75. The van der Waals surface area contributed by atoms with Crippen molar-refractivity contribution >= 4 is 16.7 Å². The van der Waals surface area contributed by atoms with E-state index in [9.17, 15) is 0 Å². The number of fused-ring (bicyclic) bond motifs is 1. The van der Waals surface area contributed by atoms with E-state index in [4.69, 9.17) is 4.74 Å². The molecule has 0 spiro atoms. The van der Waals surface area contributed by atoms with Crippen molar-refractivity contribution in [3.63, 3.8) is 0 Å². The van der Waals surface area contributed by atoms with Gasteiger partial charge in [0.15, 0.2) is 0 Å². The van der Waals surface area contributed by atoms with Crippen LogP contribution in [0.5, 0.6) is 5.75 Å². The minimum Gasteiger partial charge on any atom is -0.496 e. The Labute approximate surface area is 159 Å². The van der Waals surface area contributed by atoms with Gasteiger partial charge >= 0.3 is 0 Å². The van der Waals surface area contributed by atoms with Crippen LogP contribution in [0.3, 0.4) is 0 Å². The summed E-state index contributed by atoms with van der Waals surface area (Å²) in [5.41, 5.74) is 5.72. The molecule has 0 saturated heterocycles. The van der Waals surface area contributed by atoms with Crippen molar-refractivity contribution < 1.29 is 4.74 Å². The lowest BCUT2D eigenvalue weighted by Crippen LogP contribution is -2.15. The first kappa shape index (κ1) is 17.2. The van der Waals surface area contributed by atoms with Gasteiger partial charge < -0.3 is 15.0 Å². The van der Waals surface area contributed by atoms with Crippen molar-refractivity contribution in [1.29, 1.82) is 0 Å². The molecule has 4 nitrogen and oxygen atoms in total. The van der Waals surface area contributed by atoms with Crippen LogP contribution in [0.25, 0.3) is 10.9 Å². The van der Waals surface area contributed by atoms with Crippen LogP contribution in [0.15, 0.2) is 66.9 Å². The minimum atomic E-state index is -0.0911. The highest BCUT2D eigenvalue weighted by Crippen LogP contribution is 2.37. The number of methoxy groups -OCH3 is 1. The Kier molecular flexibility index (Phi) is 4.55. The topological polar surface area (TPSA) is 49.9 Å². The minimum absolute atomic E-state index is 0.0911. The zero-order valence-electron chi connectivity index (χ0n) is 15.8. The second kappa shape index (κ2) is 7.16. The maximum atomic E-state index is 5.67. The molecule has 2 aromatic heterocycles. The summed E-state index contributed by atoms with van der Waals surface area (Å²) in [6.07, 6.45) is 1.83. The van der Waals surface area contributed by atoms with Crippen molar-refractivity contribution in [3.05, 3.63) is 89.2 Å². The number of aromatic nitrogens is 2. The van der Waals surface area contributed by atoms with Crippen LogP contribution in [-0.2, 0) is 0 Å². The number of para-hydroxylation sites is 2. The lowest BCUT2D eigenvalue weighted by atomic mass is 9.95. The summed E-state index contributed by atoms with van der Waals surface area (Å²) in [6, 6.07) is 20.5. The third kappa shape index (κ3) is 3.26. The molecule has 1 atom stereocenters. The molecule has 1 unspecified atom stereocenters. The SMILES string of the molecule is COc1ccccc1C(Nc1cc(C)ccn1)c1c(C)[nH]c2ccccc12. The molecule has 4 aromatic rings. The Bertz CT molecular complexity index is 1080. The number of hydrogen-bond acceptors (Lipinski definition) is 3. The number of rotatable bonds is 5. The van der Waals surface area contributed by atoms with Gasteiger partial charge in [-0.05, 0) is 43.7 Å². The normalized spacial score (nSPS) is 12.1. The molecule has 4 heteroatoms. The first-order chi connectivity index (χ1) is 13.2. The van der Waals surface area contributed by atoms with Gasteiger partial charge in [-0.2, -0.15) is 0 Å². The summed E-state index contributed by atoms with van der Waals surface area (Å²) in [7, 11) is 1.71. The summed E-state index contributed by atoms with van der Waals surface area (Å²) < 4.78 is 5.67. The van der Waals surface area contributed by atoms with E-state index in [-0.39, 0.29) is 6.04 Å². The van der Waals surface area contributed by atoms with E-state index in [0.717, 1.165) is 28.3 Å². The largest absolute Gasteiger partial charge is 0.496 e. The Hall–Kier alpha value is -3.27. The maximum Gasteiger partial charge on any atom is 0.126 e. The van der Waals surface area contributed by atoms with Gasteiger partial charge in [-0.25, -0.2) is 4.98 Å². The van der Waals surface area contributed by atoms with Gasteiger partial charge in [0.05, 0.1) is 13.2 Å². The van der Waals surface area contributed by atoms with Gasteiger partial charge in [-0.1, -0.05) is 36.4 Å². The van der Waals surface area contributed by atoms with Crippen LogP contribution in [-0.4, -0.2) is 17.1 Å². The smallest absolute Gasteiger partial charge is 0.126 e. The van der Waals surface area contributed by atoms with Crippen LogP contribution in [0.1, 0.15) is 28.4 Å². The van der Waals surface area contributed by atoms with Gasteiger partial charge in [-0.15, -0.1) is 0 Å². The standard InChI is InChI=1S/C23H23N3O/c1-15-12-13-24-21(14-15)26-23(18-9-5-7-11-20(18)27-3)22-16(2)25-19-10-6-4-8-17(19)22/h4-14,23,25H,1-3H3,(H,24,26). The number of aryl methyl sites for hydroxylation is 2. The van der Waals surface area contributed by atoms with Gasteiger partial charge in [0, 0.05) is 33.9 Å². The molecular weight excluding hydrogens is 334 g/mol. The molecular formula is C23H23N3O. The van der Waals surface area contributed by atoms with Gasteiger partial charge in [-0.3, -0.25) is 0 Å². The van der Waals surface area contributed by atoms with E-state index in [1.807, 2.05) is 30.5 Å². The Balaban J connectivity index is 1.91. The van der Waals surface area contributed by atoms with Crippen molar-refractivity contribution in [2.24, 2.45) is 0 Å². The molecule has 0 aliphatic rings. The number of ether oxygens (including phenoxy) is 1. The van der Waals surface area contributed by atoms with E-state index in [1.165, 1.54) is 16.5 Å². The Morgan fingerprint density at radius 2 is 1.78 bits per heavy atom. The quantitative estimate of drug-likeness (QED) is 0.503. The monoisotopic (exact) mass is 357 g/mol. The number of benzene rings is 2. The third-order valence-electron chi connectivity index (χ3n) is 4.89. The molecule has 0 aliphatic carbocycles. The third-order valence-corrected chi connectivity index (χ3v) is 4.89. The molecule has 0 amide bonds. The fourth-order valence-corrected chi connectivity index (χ4v) is 3.64. The van der Waals surface area contributed by atoms with Crippen molar-refractivity contribution in [1.82, 2.24) is 9.97 Å². The van der Waals surface area contributed by atoms with E-state index in [2.05, 4.69) is 65.5 Å². The highest BCUT2D eigenvalue weighted by Gasteiger charge is 2.24. The molecule has 0 saturated carbocycles. The molecule has 4 rings (SSSR count). The first-order valence-corrected chi connectivity index (χ1v) is 9.06. The number of aromatic amines is 1. The highest BCUT2D eigenvalue weighted by atomic mass is 16.5. The number of hydrogen-bond donors (Lipinski definition) is 2. The number of pyridine rings is 1. The lowest BCUT2D eigenvalue weighted by molar-refractivity contribution is 0.408. The molecule has 27 heavy (non-hydrogen) atoms. The first-order valence-electron chi connectivity index (χ1n) is 9.06. The zero-order chi connectivity index (χ0) is 18.8. The fraction of sp³-hybridized carbons (Fsp3) is 0.174. The maximum absolute atomic E-state index is 5.67. The van der Waals surface area contributed by atoms with Crippen LogP contribution in [0.4, 0.5) is 5.82 Å². The van der Waals surface area contributed by atoms with Crippen molar-refractivity contribution in [2.45, 2.75) is 19.9 Å². The fourth-order valence-electron chi connectivity index (χ4n) is 3.64. The molecule has 0 radical (unpaired) electrons. The van der Waals surface area contributed by atoms with Crippen molar-refractivity contribution in [2.75, 3.05) is 12.4 Å². The average Bonchev–Trinajstić information content (AvgIpc) is 3.02. The lowest BCUT2D eigenvalue weighted by Gasteiger charge is -2.23. The van der Waals surface area contributed by atoms with E-state index in [0.29, 0.717) is 0 Å². The number of anilines is 1. The van der Waals surface area contributed by atoms with E-state index < -0.39 is 0 Å². The zero-order valence-corrected chi connectivity index (χ0v) is 15.8. The molecule has 0 aliphatic heterocycles. The molecule has 2 N–H and O–H groups in total. The number of nitrogens with one attached hydrogen (secondary N) is 2. The number of H-pyrrole nitrogens is 1. The Morgan fingerprint density at radius 1 is 1.00 bits per heavy atom. The predicted molar refractivity (Wildman–Crippen MR) is 110 cm³/mol. The van der Waals surface area contributed by atoms with Gasteiger partial charge in [0.25, 0.3) is 0 Å². The van der Waals surface area contributed by atoms with Crippen LogP contribution in [0.2, 0.25) is 0 Å². The van der Waals surface area contributed by atoms with E-state index in [1.54, 1.807) is 7.11 Å². The average molecular weight is 357 g/mol. The molecule has 0 fully saturated rings. The summed E-state index contributed by atoms with van der Waals surface area (Å²) >= 11 is 0. The van der Waals surface area contributed by atoms with Gasteiger partial charge in [0.2, 0.25) is 0 Å². The summed E-state index contributed by atoms with van der Waals surface area (Å²) in [6.45, 7) is 4.19. The summed E-state index contributed by atoms with van der Waals surface area (Å²) in [5.74, 6) is 1.70. The predicted octanol–water partition coefficient (Wildman–Crippen LogP) is 5.39. The van der Waals surface area contributed by atoms with E-state index >= 15 is 0 Å². The molecule has 136 valence electrons. The highest BCUT2D eigenvalue weighted by molar-refractivity contribution is 5.86.